The fourth-order valence-electron chi connectivity index (χ4n) is 1.62. The van der Waals surface area contributed by atoms with Gasteiger partial charge in [0, 0.05) is 11.6 Å². The van der Waals surface area contributed by atoms with Crippen LogP contribution >= 0.6 is 0 Å². The lowest BCUT2D eigenvalue weighted by Gasteiger charge is -2.25. The van der Waals surface area contributed by atoms with Crippen molar-refractivity contribution in [1.29, 1.82) is 0 Å². The molecule has 1 aromatic rings. The second-order valence-corrected chi connectivity index (χ2v) is 4.29. The second kappa shape index (κ2) is 5.12. The van der Waals surface area contributed by atoms with Crippen molar-refractivity contribution in [1.82, 2.24) is 10.3 Å². The maximum absolute atomic E-state index is 5.33. The van der Waals surface area contributed by atoms with Gasteiger partial charge in [0.25, 0.3) is 0 Å². The predicted octanol–water partition coefficient (Wildman–Crippen LogP) is 1.98. The zero-order valence-corrected chi connectivity index (χ0v) is 10.0. The summed E-state index contributed by atoms with van der Waals surface area (Å²) in [7, 11) is 3.65. The lowest BCUT2D eigenvalue weighted by molar-refractivity contribution is 0.376. The molecule has 0 fully saturated rings. The second-order valence-electron chi connectivity index (χ2n) is 4.29. The first-order chi connectivity index (χ1) is 7.11. The van der Waals surface area contributed by atoms with Gasteiger partial charge in [-0.05, 0) is 32.1 Å². The molecule has 1 heterocycles. The molecule has 0 aliphatic rings. The molecule has 3 heteroatoms. The lowest BCUT2D eigenvalue weighted by atomic mass is 9.84. The Bertz CT molecular complexity index is 310. The zero-order valence-electron chi connectivity index (χ0n) is 10.0. The van der Waals surface area contributed by atoms with Crippen molar-refractivity contribution in [2.45, 2.75) is 25.7 Å². The van der Waals surface area contributed by atoms with Gasteiger partial charge in [0.05, 0.1) is 12.8 Å². The van der Waals surface area contributed by atoms with Crippen LogP contribution in [0.1, 0.15) is 26.0 Å². The molecule has 1 aromatic heterocycles. The Hall–Kier alpha value is -1.09. The van der Waals surface area contributed by atoms with Crippen molar-refractivity contribution in [3.63, 3.8) is 0 Å². The Morgan fingerprint density at radius 1 is 1.47 bits per heavy atom. The average molecular weight is 208 g/mol. The minimum absolute atomic E-state index is 0.0373. The van der Waals surface area contributed by atoms with E-state index in [2.05, 4.69) is 24.1 Å². The number of hydrogen-bond acceptors (Lipinski definition) is 3. The van der Waals surface area contributed by atoms with E-state index in [9.17, 15) is 0 Å². The summed E-state index contributed by atoms with van der Waals surface area (Å²) >= 11 is 0. The van der Waals surface area contributed by atoms with E-state index in [1.165, 1.54) is 0 Å². The van der Waals surface area contributed by atoms with Crippen molar-refractivity contribution in [2.75, 3.05) is 20.7 Å². The van der Waals surface area contributed by atoms with Crippen molar-refractivity contribution in [2.24, 2.45) is 0 Å². The van der Waals surface area contributed by atoms with E-state index >= 15 is 0 Å². The third-order valence-corrected chi connectivity index (χ3v) is 2.63. The molecule has 15 heavy (non-hydrogen) atoms. The summed E-state index contributed by atoms with van der Waals surface area (Å²) in [5.41, 5.74) is 1.07. The number of pyridine rings is 1. The standard InChI is InChI=1S/C12H20N2O/c1-12(2,7-9-13-3)11-10(15-4)6-5-8-14-11/h5-6,8,13H,7,9H2,1-4H3. The molecule has 84 valence electrons. The Morgan fingerprint density at radius 3 is 2.80 bits per heavy atom. The number of ether oxygens (including phenoxy) is 1. The minimum atomic E-state index is 0.0373. The molecule has 0 amide bonds. The molecule has 1 rings (SSSR count). The molecule has 0 aliphatic carbocycles. The highest BCUT2D eigenvalue weighted by Crippen LogP contribution is 2.31. The van der Waals surface area contributed by atoms with Gasteiger partial charge in [-0.1, -0.05) is 13.8 Å². The van der Waals surface area contributed by atoms with Crippen LogP contribution in [0.15, 0.2) is 18.3 Å². The summed E-state index contributed by atoms with van der Waals surface area (Å²) in [6, 6.07) is 3.86. The molecule has 1 N–H and O–H groups in total. The van der Waals surface area contributed by atoms with E-state index in [0.29, 0.717) is 0 Å². The normalized spacial score (nSPS) is 11.5. The summed E-state index contributed by atoms with van der Waals surface area (Å²) < 4.78 is 5.33. The van der Waals surface area contributed by atoms with E-state index in [1.54, 1.807) is 7.11 Å². The topological polar surface area (TPSA) is 34.2 Å². The smallest absolute Gasteiger partial charge is 0.140 e. The first kappa shape index (κ1) is 12.0. The van der Waals surface area contributed by atoms with Crippen LogP contribution in [0.5, 0.6) is 5.75 Å². The van der Waals surface area contributed by atoms with E-state index < -0.39 is 0 Å². The highest BCUT2D eigenvalue weighted by Gasteiger charge is 2.25. The molecular weight excluding hydrogens is 188 g/mol. The van der Waals surface area contributed by atoms with E-state index in [0.717, 1.165) is 24.4 Å². The molecule has 0 spiro atoms. The van der Waals surface area contributed by atoms with Crippen LogP contribution in [0.4, 0.5) is 0 Å². The third-order valence-electron chi connectivity index (χ3n) is 2.63. The SMILES string of the molecule is CNCCC(C)(C)c1ncccc1OC. The highest BCUT2D eigenvalue weighted by atomic mass is 16.5. The molecule has 0 atom stereocenters. The predicted molar refractivity (Wildman–Crippen MR) is 62.4 cm³/mol. The molecule has 3 nitrogen and oxygen atoms in total. The summed E-state index contributed by atoms with van der Waals surface area (Å²) in [6.45, 7) is 5.36. The van der Waals surface area contributed by atoms with Gasteiger partial charge < -0.3 is 10.1 Å². The first-order valence-corrected chi connectivity index (χ1v) is 5.26. The molecule has 0 radical (unpaired) electrons. The van der Waals surface area contributed by atoms with Crippen LogP contribution in [0.2, 0.25) is 0 Å². The van der Waals surface area contributed by atoms with E-state index in [-0.39, 0.29) is 5.41 Å². The quantitative estimate of drug-likeness (QED) is 0.803. The fourth-order valence-corrected chi connectivity index (χ4v) is 1.62. The lowest BCUT2D eigenvalue weighted by Crippen LogP contribution is -2.25. The van der Waals surface area contributed by atoms with Gasteiger partial charge >= 0.3 is 0 Å². The molecule has 0 unspecified atom stereocenters. The number of nitrogens with one attached hydrogen (secondary N) is 1. The fraction of sp³-hybridized carbons (Fsp3) is 0.583. The van der Waals surface area contributed by atoms with Crippen molar-refractivity contribution >= 4 is 0 Å². The average Bonchev–Trinajstić information content (AvgIpc) is 2.26. The number of hydrogen-bond donors (Lipinski definition) is 1. The number of methoxy groups -OCH3 is 1. The molecule has 0 aliphatic heterocycles. The van der Waals surface area contributed by atoms with Gasteiger partial charge in [0.15, 0.2) is 0 Å². The van der Waals surface area contributed by atoms with Gasteiger partial charge in [-0.3, -0.25) is 4.98 Å². The maximum atomic E-state index is 5.33. The molecule has 0 saturated heterocycles. The Labute approximate surface area is 91.9 Å². The first-order valence-electron chi connectivity index (χ1n) is 5.26. The Balaban J connectivity index is 2.92. The molecule has 0 aromatic carbocycles. The monoisotopic (exact) mass is 208 g/mol. The van der Waals surface area contributed by atoms with Gasteiger partial charge in [-0.25, -0.2) is 0 Å². The molecule has 0 bridgehead atoms. The van der Waals surface area contributed by atoms with Crippen molar-refractivity contribution in [3.8, 4) is 5.75 Å². The van der Waals surface area contributed by atoms with Gasteiger partial charge in [0.2, 0.25) is 0 Å². The van der Waals surface area contributed by atoms with Crippen LogP contribution in [0.3, 0.4) is 0 Å². The van der Waals surface area contributed by atoms with Gasteiger partial charge in [-0.2, -0.15) is 0 Å². The largest absolute Gasteiger partial charge is 0.495 e. The molecular formula is C12H20N2O. The van der Waals surface area contributed by atoms with Crippen molar-refractivity contribution < 1.29 is 4.74 Å². The summed E-state index contributed by atoms with van der Waals surface area (Å²) in [5, 5.41) is 3.16. The summed E-state index contributed by atoms with van der Waals surface area (Å²) in [6.07, 6.45) is 2.86. The zero-order chi connectivity index (χ0) is 11.3. The van der Waals surface area contributed by atoms with E-state index in [1.807, 2.05) is 25.4 Å². The van der Waals surface area contributed by atoms with Crippen LogP contribution in [0.25, 0.3) is 0 Å². The number of nitrogens with zero attached hydrogens (tertiary/aromatic N) is 1. The Kier molecular flexibility index (Phi) is 4.09. The highest BCUT2D eigenvalue weighted by molar-refractivity contribution is 5.32. The maximum Gasteiger partial charge on any atom is 0.140 e. The van der Waals surface area contributed by atoms with Crippen LogP contribution < -0.4 is 10.1 Å². The van der Waals surface area contributed by atoms with Gasteiger partial charge in [-0.15, -0.1) is 0 Å². The summed E-state index contributed by atoms with van der Waals surface area (Å²) in [4.78, 5) is 4.42. The summed E-state index contributed by atoms with van der Waals surface area (Å²) in [5.74, 6) is 0.874. The number of aromatic nitrogens is 1. The van der Waals surface area contributed by atoms with Gasteiger partial charge in [0.1, 0.15) is 5.75 Å². The molecule has 0 saturated carbocycles. The number of rotatable bonds is 5. The van der Waals surface area contributed by atoms with Crippen molar-refractivity contribution in [3.05, 3.63) is 24.0 Å². The van der Waals surface area contributed by atoms with E-state index in [4.69, 9.17) is 4.74 Å². The minimum Gasteiger partial charge on any atom is -0.495 e. The van der Waals surface area contributed by atoms with Crippen LogP contribution in [0, 0.1) is 0 Å². The third kappa shape index (κ3) is 2.93. The Morgan fingerprint density at radius 2 is 2.20 bits per heavy atom. The van der Waals surface area contributed by atoms with Crippen LogP contribution in [-0.2, 0) is 5.41 Å². The van der Waals surface area contributed by atoms with Crippen LogP contribution in [-0.4, -0.2) is 25.7 Å².